The molecule has 1 heterocycles. The standard InChI is InChI=1S/C15H26O3/c1-3-11(2)15(16)18-9-13-6-4-12(5-7-13)8-14-10-17-14/h11-14H,3-10H2,1-2H3. The third-order valence-corrected chi connectivity index (χ3v) is 4.44. The molecular weight excluding hydrogens is 228 g/mol. The lowest BCUT2D eigenvalue weighted by molar-refractivity contribution is -0.149. The van der Waals surface area contributed by atoms with Crippen molar-refractivity contribution < 1.29 is 14.3 Å². The van der Waals surface area contributed by atoms with Crippen molar-refractivity contribution >= 4 is 5.97 Å². The van der Waals surface area contributed by atoms with E-state index in [9.17, 15) is 4.79 Å². The van der Waals surface area contributed by atoms with Gasteiger partial charge in [0, 0.05) is 0 Å². The molecule has 1 aliphatic carbocycles. The minimum Gasteiger partial charge on any atom is -0.465 e. The van der Waals surface area contributed by atoms with Crippen molar-refractivity contribution in [2.75, 3.05) is 13.2 Å². The summed E-state index contributed by atoms with van der Waals surface area (Å²) < 4.78 is 10.7. The Morgan fingerprint density at radius 1 is 1.28 bits per heavy atom. The van der Waals surface area contributed by atoms with Gasteiger partial charge in [-0.05, 0) is 50.4 Å². The van der Waals surface area contributed by atoms with Gasteiger partial charge in [-0.3, -0.25) is 4.79 Å². The second kappa shape index (κ2) is 6.55. The normalized spacial score (nSPS) is 32.9. The maximum absolute atomic E-state index is 11.6. The lowest BCUT2D eigenvalue weighted by Crippen LogP contribution is -2.23. The van der Waals surface area contributed by atoms with Crippen LogP contribution in [0.2, 0.25) is 0 Å². The highest BCUT2D eigenvalue weighted by molar-refractivity contribution is 5.71. The monoisotopic (exact) mass is 254 g/mol. The van der Waals surface area contributed by atoms with E-state index in [2.05, 4.69) is 0 Å². The smallest absolute Gasteiger partial charge is 0.308 e. The van der Waals surface area contributed by atoms with Gasteiger partial charge in [0.05, 0.1) is 25.2 Å². The van der Waals surface area contributed by atoms with Crippen LogP contribution >= 0.6 is 0 Å². The van der Waals surface area contributed by atoms with Crippen LogP contribution in [0.4, 0.5) is 0 Å². The third kappa shape index (κ3) is 4.27. The largest absolute Gasteiger partial charge is 0.465 e. The summed E-state index contributed by atoms with van der Waals surface area (Å²) >= 11 is 0. The predicted molar refractivity (Wildman–Crippen MR) is 70.2 cm³/mol. The van der Waals surface area contributed by atoms with Gasteiger partial charge in [0.25, 0.3) is 0 Å². The van der Waals surface area contributed by atoms with Crippen LogP contribution in [0.3, 0.4) is 0 Å². The molecule has 3 nitrogen and oxygen atoms in total. The SMILES string of the molecule is CCC(C)C(=O)OCC1CCC(CC2CO2)CC1. The molecule has 2 fully saturated rings. The molecule has 1 saturated carbocycles. The molecule has 1 saturated heterocycles. The lowest BCUT2D eigenvalue weighted by Gasteiger charge is -2.28. The molecule has 2 unspecified atom stereocenters. The molecule has 2 atom stereocenters. The molecule has 0 bridgehead atoms. The second-order valence-corrected chi connectivity index (χ2v) is 6.02. The number of rotatable bonds is 6. The fraction of sp³-hybridized carbons (Fsp3) is 0.933. The molecule has 0 aromatic carbocycles. The number of epoxide rings is 1. The Balaban J connectivity index is 1.59. The Kier molecular flexibility index (Phi) is 5.04. The number of ether oxygens (including phenoxy) is 2. The maximum Gasteiger partial charge on any atom is 0.308 e. The lowest BCUT2D eigenvalue weighted by atomic mass is 9.80. The van der Waals surface area contributed by atoms with E-state index in [1.165, 1.54) is 32.1 Å². The van der Waals surface area contributed by atoms with E-state index in [0.717, 1.165) is 18.9 Å². The Morgan fingerprint density at radius 2 is 1.89 bits per heavy atom. The van der Waals surface area contributed by atoms with Crippen molar-refractivity contribution in [3.63, 3.8) is 0 Å². The van der Waals surface area contributed by atoms with E-state index >= 15 is 0 Å². The first-order valence-electron chi connectivity index (χ1n) is 7.47. The van der Waals surface area contributed by atoms with Gasteiger partial charge in [0.1, 0.15) is 0 Å². The molecule has 0 radical (unpaired) electrons. The summed E-state index contributed by atoms with van der Waals surface area (Å²) in [6.07, 6.45) is 7.68. The first kappa shape index (κ1) is 13.9. The van der Waals surface area contributed by atoms with Gasteiger partial charge in [0.2, 0.25) is 0 Å². The van der Waals surface area contributed by atoms with Gasteiger partial charge in [-0.1, -0.05) is 13.8 Å². The minimum atomic E-state index is -0.0222. The molecule has 104 valence electrons. The Morgan fingerprint density at radius 3 is 2.44 bits per heavy atom. The van der Waals surface area contributed by atoms with Crippen LogP contribution in [0.25, 0.3) is 0 Å². The predicted octanol–water partition coefficient (Wildman–Crippen LogP) is 3.17. The molecule has 2 rings (SSSR count). The molecule has 0 aromatic rings. The molecule has 0 amide bonds. The van der Waals surface area contributed by atoms with Gasteiger partial charge in [-0.15, -0.1) is 0 Å². The molecule has 0 spiro atoms. The van der Waals surface area contributed by atoms with Crippen LogP contribution in [-0.4, -0.2) is 25.3 Å². The van der Waals surface area contributed by atoms with Gasteiger partial charge in [-0.2, -0.15) is 0 Å². The summed E-state index contributed by atoms with van der Waals surface area (Å²) in [7, 11) is 0. The molecule has 2 aliphatic rings. The summed E-state index contributed by atoms with van der Waals surface area (Å²) in [6.45, 7) is 5.58. The van der Waals surface area contributed by atoms with Crippen LogP contribution in [0.1, 0.15) is 52.4 Å². The van der Waals surface area contributed by atoms with Crippen LogP contribution in [-0.2, 0) is 14.3 Å². The van der Waals surface area contributed by atoms with E-state index in [-0.39, 0.29) is 11.9 Å². The summed E-state index contributed by atoms with van der Waals surface area (Å²) in [4.78, 5) is 11.6. The summed E-state index contributed by atoms with van der Waals surface area (Å²) in [5, 5.41) is 0. The van der Waals surface area contributed by atoms with Crippen molar-refractivity contribution in [3.05, 3.63) is 0 Å². The van der Waals surface area contributed by atoms with Crippen molar-refractivity contribution in [1.29, 1.82) is 0 Å². The Hall–Kier alpha value is -0.570. The highest BCUT2D eigenvalue weighted by Crippen LogP contribution is 2.34. The Labute approximate surface area is 110 Å². The average Bonchev–Trinajstić information content (AvgIpc) is 3.20. The van der Waals surface area contributed by atoms with E-state index in [0.29, 0.717) is 18.6 Å². The number of esters is 1. The number of hydrogen-bond donors (Lipinski definition) is 0. The van der Waals surface area contributed by atoms with Crippen molar-refractivity contribution in [2.45, 2.75) is 58.5 Å². The molecule has 18 heavy (non-hydrogen) atoms. The zero-order valence-electron chi connectivity index (χ0n) is 11.7. The molecule has 3 heteroatoms. The zero-order valence-corrected chi connectivity index (χ0v) is 11.7. The fourth-order valence-corrected chi connectivity index (χ4v) is 2.72. The quantitative estimate of drug-likeness (QED) is 0.540. The van der Waals surface area contributed by atoms with Gasteiger partial charge >= 0.3 is 5.97 Å². The fourth-order valence-electron chi connectivity index (χ4n) is 2.72. The highest BCUT2D eigenvalue weighted by atomic mass is 16.6. The summed E-state index contributed by atoms with van der Waals surface area (Å²) in [6, 6.07) is 0. The molecular formula is C15H26O3. The van der Waals surface area contributed by atoms with Crippen LogP contribution in [0.5, 0.6) is 0 Å². The minimum absolute atomic E-state index is 0.0222. The Bertz CT molecular complexity index is 265. The van der Waals surface area contributed by atoms with Crippen molar-refractivity contribution in [1.82, 2.24) is 0 Å². The van der Waals surface area contributed by atoms with Crippen LogP contribution in [0.15, 0.2) is 0 Å². The first-order valence-corrected chi connectivity index (χ1v) is 7.47. The summed E-state index contributed by atoms with van der Waals surface area (Å²) in [5.74, 6) is 1.47. The number of hydrogen-bond acceptors (Lipinski definition) is 3. The molecule has 0 N–H and O–H groups in total. The number of carbonyl (C=O) groups is 1. The third-order valence-electron chi connectivity index (χ3n) is 4.44. The second-order valence-electron chi connectivity index (χ2n) is 6.02. The van der Waals surface area contributed by atoms with E-state index in [4.69, 9.17) is 9.47 Å². The first-order chi connectivity index (χ1) is 8.69. The van der Waals surface area contributed by atoms with Crippen molar-refractivity contribution in [3.8, 4) is 0 Å². The zero-order chi connectivity index (χ0) is 13.0. The van der Waals surface area contributed by atoms with Crippen LogP contribution in [0, 0.1) is 17.8 Å². The van der Waals surface area contributed by atoms with Gasteiger partial charge in [0.15, 0.2) is 0 Å². The van der Waals surface area contributed by atoms with E-state index < -0.39 is 0 Å². The van der Waals surface area contributed by atoms with Gasteiger partial charge in [-0.25, -0.2) is 0 Å². The summed E-state index contributed by atoms with van der Waals surface area (Å²) in [5.41, 5.74) is 0. The molecule has 0 aromatic heterocycles. The van der Waals surface area contributed by atoms with Crippen molar-refractivity contribution in [2.24, 2.45) is 17.8 Å². The maximum atomic E-state index is 11.6. The number of carbonyl (C=O) groups excluding carboxylic acids is 1. The van der Waals surface area contributed by atoms with Gasteiger partial charge < -0.3 is 9.47 Å². The van der Waals surface area contributed by atoms with E-state index in [1.54, 1.807) is 0 Å². The topological polar surface area (TPSA) is 38.8 Å². The average molecular weight is 254 g/mol. The van der Waals surface area contributed by atoms with Crippen LogP contribution < -0.4 is 0 Å². The van der Waals surface area contributed by atoms with E-state index in [1.807, 2.05) is 13.8 Å². The highest BCUT2D eigenvalue weighted by Gasteiger charge is 2.29. The molecule has 1 aliphatic heterocycles.